The summed E-state index contributed by atoms with van der Waals surface area (Å²) >= 11 is 17.1. The van der Waals surface area contributed by atoms with Crippen LogP contribution >= 0.6 is 69.8 Å². The molecule has 4 rings (SSSR count). The Labute approximate surface area is 226 Å². The van der Waals surface area contributed by atoms with Gasteiger partial charge in [-0.25, -0.2) is 9.97 Å². The van der Waals surface area contributed by atoms with Gasteiger partial charge >= 0.3 is 5.97 Å². The molecular formula is C20H14Cl2N6O3S4. The van der Waals surface area contributed by atoms with E-state index in [0.29, 0.717) is 34.5 Å². The Morgan fingerprint density at radius 2 is 2.00 bits per heavy atom. The number of hydrogen-bond acceptors (Lipinski definition) is 10. The van der Waals surface area contributed by atoms with E-state index < -0.39 is 11.9 Å². The van der Waals surface area contributed by atoms with Crippen molar-refractivity contribution in [3.8, 4) is 0 Å². The molecule has 0 unspecified atom stereocenters. The molecule has 2 N–H and O–H groups in total. The van der Waals surface area contributed by atoms with E-state index in [2.05, 4.69) is 25.5 Å². The lowest BCUT2D eigenvalue weighted by atomic mass is 10.3. The molecule has 35 heavy (non-hydrogen) atoms. The first kappa shape index (κ1) is 25.8. The predicted octanol–water partition coefficient (Wildman–Crippen LogP) is 5.70. The number of anilines is 1. The van der Waals surface area contributed by atoms with Crippen LogP contribution in [-0.2, 0) is 11.8 Å². The number of carboxylic acid groups (broad SMARTS) is 1. The van der Waals surface area contributed by atoms with E-state index in [4.69, 9.17) is 28.3 Å². The number of nitrogens with zero attached hydrogens (tertiary/aromatic N) is 5. The summed E-state index contributed by atoms with van der Waals surface area (Å²) in [7, 11) is 1.81. The molecule has 3 aromatic heterocycles. The maximum atomic E-state index is 13.2. The molecule has 0 atom stereocenters. The van der Waals surface area contributed by atoms with Crippen LogP contribution in [0.25, 0.3) is 0 Å². The minimum atomic E-state index is -0.931. The monoisotopic (exact) mass is 584 g/mol. The zero-order valence-electron chi connectivity index (χ0n) is 17.6. The van der Waals surface area contributed by atoms with Crippen LogP contribution < -0.4 is 5.32 Å². The van der Waals surface area contributed by atoms with Gasteiger partial charge in [0.2, 0.25) is 0 Å². The second kappa shape index (κ2) is 11.6. The van der Waals surface area contributed by atoms with Crippen molar-refractivity contribution in [2.24, 2.45) is 7.05 Å². The lowest BCUT2D eigenvalue weighted by molar-refractivity contribution is -0.133. The van der Waals surface area contributed by atoms with Gasteiger partial charge in [0, 0.05) is 16.8 Å². The van der Waals surface area contributed by atoms with E-state index in [0.717, 1.165) is 16.7 Å². The number of benzene rings is 1. The molecule has 0 spiro atoms. The molecule has 1 aromatic carbocycles. The zero-order chi connectivity index (χ0) is 24.9. The average Bonchev–Trinajstić information content (AvgIpc) is 3.44. The van der Waals surface area contributed by atoms with Gasteiger partial charge in [0.25, 0.3) is 5.91 Å². The highest BCUT2D eigenvalue weighted by Gasteiger charge is 2.19. The first-order valence-corrected chi connectivity index (χ1v) is 13.7. The lowest BCUT2D eigenvalue weighted by Gasteiger charge is -2.10. The quantitative estimate of drug-likeness (QED) is 0.236. The first-order chi connectivity index (χ1) is 16.8. The van der Waals surface area contributed by atoms with Crippen LogP contribution in [0.15, 0.2) is 67.0 Å². The third kappa shape index (κ3) is 6.90. The Bertz CT molecular complexity index is 1400. The summed E-state index contributed by atoms with van der Waals surface area (Å²) in [6, 6.07) is 8.79. The number of carbonyl (C=O) groups excluding carboxylic acids is 1. The standard InChI is InChI=1S/C20H14Cl2N6O3S4/c1-28-9-24-27-20(28)34-14-5-4-13(33-10-2-3-11(21)12(22)6-10)17(25-14)18(31)26-19-23-7-16(35-19)32-8-15(29)30/h2-7,9H,8H2,1H3,(H,29,30)(H,23,26,31). The molecule has 0 aliphatic heterocycles. The number of carbonyl (C=O) groups is 2. The molecule has 0 saturated carbocycles. The van der Waals surface area contributed by atoms with Crippen molar-refractivity contribution in [3.63, 3.8) is 0 Å². The van der Waals surface area contributed by atoms with Gasteiger partial charge in [0.05, 0.1) is 26.2 Å². The van der Waals surface area contributed by atoms with Crippen molar-refractivity contribution in [1.29, 1.82) is 0 Å². The molecule has 0 aliphatic carbocycles. The highest BCUT2D eigenvalue weighted by molar-refractivity contribution is 8.01. The van der Waals surface area contributed by atoms with Crippen molar-refractivity contribution < 1.29 is 14.7 Å². The first-order valence-electron chi connectivity index (χ1n) is 9.56. The molecule has 4 aromatic rings. The van der Waals surface area contributed by atoms with Gasteiger partial charge in [-0.1, -0.05) is 46.3 Å². The summed E-state index contributed by atoms with van der Waals surface area (Å²) < 4.78 is 2.42. The number of amides is 1. The molecular weight excluding hydrogens is 571 g/mol. The normalized spacial score (nSPS) is 10.9. The second-order valence-electron chi connectivity index (χ2n) is 6.62. The van der Waals surface area contributed by atoms with Crippen LogP contribution in [0.2, 0.25) is 10.0 Å². The van der Waals surface area contributed by atoms with Crippen LogP contribution in [0.4, 0.5) is 5.13 Å². The van der Waals surface area contributed by atoms with E-state index in [9.17, 15) is 9.59 Å². The molecule has 3 heterocycles. The third-order valence-corrected chi connectivity index (χ3v) is 8.93. The minimum Gasteiger partial charge on any atom is -0.481 e. The SMILES string of the molecule is Cn1cnnc1Sc1ccc(Sc2ccc(Cl)c(Cl)c2)c(C(=O)Nc2ncc(SCC(=O)O)s2)n1. The van der Waals surface area contributed by atoms with Gasteiger partial charge in [0.15, 0.2) is 10.3 Å². The predicted molar refractivity (Wildman–Crippen MR) is 138 cm³/mol. The Balaban J connectivity index is 1.61. The van der Waals surface area contributed by atoms with Crippen molar-refractivity contribution >= 4 is 86.8 Å². The summed E-state index contributed by atoms with van der Waals surface area (Å²) in [5, 5.41) is 21.9. The van der Waals surface area contributed by atoms with E-state index in [1.54, 1.807) is 41.2 Å². The van der Waals surface area contributed by atoms with Gasteiger partial charge in [-0.3, -0.25) is 14.9 Å². The highest BCUT2D eigenvalue weighted by Crippen LogP contribution is 2.36. The van der Waals surface area contributed by atoms with E-state index >= 15 is 0 Å². The molecule has 0 radical (unpaired) electrons. The summed E-state index contributed by atoms with van der Waals surface area (Å²) in [5.74, 6) is -1.49. The van der Waals surface area contributed by atoms with Crippen molar-refractivity contribution in [2.75, 3.05) is 11.1 Å². The molecule has 0 saturated heterocycles. The second-order valence-corrected chi connectivity index (χ2v) is 11.8. The fourth-order valence-electron chi connectivity index (χ4n) is 2.53. The summed E-state index contributed by atoms with van der Waals surface area (Å²) in [6.07, 6.45) is 3.10. The lowest BCUT2D eigenvalue weighted by Crippen LogP contribution is -2.15. The van der Waals surface area contributed by atoms with Crippen molar-refractivity contribution in [3.05, 3.63) is 58.6 Å². The highest BCUT2D eigenvalue weighted by atomic mass is 35.5. The number of hydrogen-bond donors (Lipinski definition) is 2. The molecule has 9 nitrogen and oxygen atoms in total. The molecule has 0 bridgehead atoms. The fourth-order valence-corrected chi connectivity index (χ4v) is 6.16. The van der Waals surface area contributed by atoms with Crippen LogP contribution in [0.5, 0.6) is 0 Å². The Morgan fingerprint density at radius 1 is 1.17 bits per heavy atom. The third-order valence-electron chi connectivity index (χ3n) is 4.08. The van der Waals surface area contributed by atoms with E-state index in [-0.39, 0.29) is 11.4 Å². The number of aryl methyl sites for hydroxylation is 1. The van der Waals surface area contributed by atoms with Gasteiger partial charge in [-0.2, -0.15) is 0 Å². The smallest absolute Gasteiger partial charge is 0.313 e. The van der Waals surface area contributed by atoms with Crippen LogP contribution in [0.3, 0.4) is 0 Å². The number of halogens is 2. The van der Waals surface area contributed by atoms with Gasteiger partial charge < -0.3 is 9.67 Å². The molecule has 180 valence electrons. The largest absolute Gasteiger partial charge is 0.481 e. The number of carboxylic acids is 1. The molecule has 15 heteroatoms. The van der Waals surface area contributed by atoms with Crippen LogP contribution in [0.1, 0.15) is 10.5 Å². The van der Waals surface area contributed by atoms with E-state index in [1.807, 2.05) is 7.05 Å². The van der Waals surface area contributed by atoms with Gasteiger partial charge in [-0.15, -0.1) is 22.0 Å². The maximum absolute atomic E-state index is 13.2. The fraction of sp³-hybridized carbons (Fsp3) is 0.100. The van der Waals surface area contributed by atoms with Crippen LogP contribution in [0, 0.1) is 0 Å². The Hall–Kier alpha value is -2.29. The average molecular weight is 586 g/mol. The van der Waals surface area contributed by atoms with Gasteiger partial charge in [-0.05, 0) is 42.1 Å². The molecule has 0 aliphatic rings. The minimum absolute atomic E-state index is 0.0944. The van der Waals surface area contributed by atoms with E-state index in [1.165, 1.54) is 41.1 Å². The zero-order valence-corrected chi connectivity index (χ0v) is 22.4. The number of thioether (sulfide) groups is 1. The summed E-state index contributed by atoms with van der Waals surface area (Å²) in [6.45, 7) is 0. The maximum Gasteiger partial charge on any atom is 0.313 e. The van der Waals surface area contributed by atoms with Crippen LogP contribution in [-0.4, -0.2) is 47.5 Å². The Morgan fingerprint density at radius 3 is 2.71 bits per heavy atom. The summed E-state index contributed by atoms with van der Waals surface area (Å²) in [5.41, 5.74) is 0.183. The molecule has 1 amide bonds. The van der Waals surface area contributed by atoms with Gasteiger partial charge in [0.1, 0.15) is 17.0 Å². The number of pyridine rings is 1. The topological polar surface area (TPSA) is 123 Å². The number of thiazole rings is 1. The Kier molecular flexibility index (Phi) is 8.57. The number of nitrogens with one attached hydrogen (secondary N) is 1. The molecule has 0 fully saturated rings. The van der Waals surface area contributed by atoms with Crippen molar-refractivity contribution in [1.82, 2.24) is 24.7 Å². The number of aliphatic carboxylic acids is 1. The summed E-state index contributed by atoms with van der Waals surface area (Å²) in [4.78, 5) is 34.1. The number of rotatable bonds is 9. The number of aromatic nitrogens is 5. The van der Waals surface area contributed by atoms with Crippen molar-refractivity contribution in [2.45, 2.75) is 24.2 Å².